The molecule has 4 rings (SSSR count). The van der Waals surface area contributed by atoms with Crippen molar-refractivity contribution in [1.29, 1.82) is 0 Å². The normalized spacial score (nSPS) is 10.8. The molecule has 0 aliphatic heterocycles. The fourth-order valence-corrected chi connectivity index (χ4v) is 4.13. The number of carbonyl (C=O) groups is 1. The molecule has 2 heterocycles. The van der Waals surface area contributed by atoms with Gasteiger partial charge in [0.15, 0.2) is 11.0 Å². The first-order chi connectivity index (χ1) is 15.7. The first-order valence-electron chi connectivity index (χ1n) is 10.6. The Hall–Kier alpha value is -3.45. The van der Waals surface area contributed by atoms with E-state index in [2.05, 4.69) is 68.4 Å². The highest BCUT2D eigenvalue weighted by Gasteiger charge is 2.16. The van der Waals surface area contributed by atoms with Crippen LogP contribution in [0.5, 0.6) is 0 Å². The Morgan fingerprint density at radius 1 is 0.969 bits per heavy atom. The molecule has 0 aliphatic carbocycles. The van der Waals surface area contributed by atoms with E-state index in [1.807, 2.05) is 36.4 Å². The number of nitrogens with zero attached hydrogens (tertiary/aromatic N) is 4. The van der Waals surface area contributed by atoms with E-state index < -0.39 is 0 Å². The molecule has 0 unspecified atom stereocenters. The van der Waals surface area contributed by atoms with E-state index in [4.69, 9.17) is 0 Å². The second-order valence-corrected chi connectivity index (χ2v) is 8.46. The molecule has 0 radical (unpaired) electrons. The van der Waals surface area contributed by atoms with E-state index in [1.54, 1.807) is 18.0 Å². The molecule has 32 heavy (non-hydrogen) atoms. The fourth-order valence-electron chi connectivity index (χ4n) is 3.24. The highest BCUT2D eigenvalue weighted by atomic mass is 32.2. The van der Waals surface area contributed by atoms with Gasteiger partial charge in [-0.2, -0.15) is 0 Å². The molecule has 7 heteroatoms. The summed E-state index contributed by atoms with van der Waals surface area (Å²) in [7, 11) is 0. The second-order valence-electron chi connectivity index (χ2n) is 7.39. The van der Waals surface area contributed by atoms with Gasteiger partial charge in [-0.15, -0.1) is 10.2 Å². The van der Waals surface area contributed by atoms with Gasteiger partial charge in [0.1, 0.15) is 0 Å². The maximum absolute atomic E-state index is 12.2. The Morgan fingerprint density at radius 2 is 1.75 bits per heavy atom. The third kappa shape index (κ3) is 5.62. The Morgan fingerprint density at radius 3 is 2.50 bits per heavy atom. The van der Waals surface area contributed by atoms with Gasteiger partial charge in [0.25, 0.3) is 0 Å². The number of aryl methyl sites for hydroxylation is 1. The van der Waals surface area contributed by atoms with Crippen molar-refractivity contribution in [1.82, 2.24) is 25.1 Å². The van der Waals surface area contributed by atoms with Gasteiger partial charge < -0.3 is 5.32 Å². The molecule has 4 aromatic rings. The van der Waals surface area contributed by atoms with E-state index in [9.17, 15) is 4.79 Å². The number of thioether (sulfide) groups is 1. The molecular formula is C25H25N5OS. The topological polar surface area (TPSA) is 72.7 Å². The third-order valence-electron chi connectivity index (χ3n) is 4.93. The Bertz CT molecular complexity index is 1140. The van der Waals surface area contributed by atoms with Crippen LogP contribution in [0.1, 0.15) is 24.1 Å². The number of hydrogen-bond acceptors (Lipinski definition) is 5. The minimum absolute atomic E-state index is 0.0288. The van der Waals surface area contributed by atoms with Crippen LogP contribution in [-0.2, 0) is 11.3 Å². The van der Waals surface area contributed by atoms with Crippen LogP contribution in [0.25, 0.3) is 17.1 Å². The number of aromatic nitrogens is 4. The predicted octanol–water partition coefficient (Wildman–Crippen LogP) is 4.83. The maximum Gasteiger partial charge on any atom is 0.220 e. The number of para-hydroxylation sites is 1. The van der Waals surface area contributed by atoms with Gasteiger partial charge in [-0.3, -0.25) is 14.3 Å². The van der Waals surface area contributed by atoms with Crippen molar-refractivity contribution >= 4 is 17.7 Å². The lowest BCUT2D eigenvalue weighted by Crippen LogP contribution is -2.22. The van der Waals surface area contributed by atoms with Crippen LogP contribution >= 0.6 is 11.8 Å². The highest BCUT2D eigenvalue weighted by Crippen LogP contribution is 2.28. The van der Waals surface area contributed by atoms with Crippen LogP contribution in [0.15, 0.2) is 84.1 Å². The van der Waals surface area contributed by atoms with Crippen molar-refractivity contribution in [2.24, 2.45) is 0 Å². The molecule has 0 atom stereocenters. The zero-order chi connectivity index (χ0) is 22.2. The monoisotopic (exact) mass is 443 g/mol. The van der Waals surface area contributed by atoms with E-state index in [0.717, 1.165) is 40.1 Å². The molecule has 1 amide bonds. The quantitative estimate of drug-likeness (QED) is 0.296. The molecule has 0 saturated carbocycles. The van der Waals surface area contributed by atoms with Crippen LogP contribution < -0.4 is 5.32 Å². The molecule has 0 fully saturated rings. The maximum atomic E-state index is 12.2. The van der Waals surface area contributed by atoms with E-state index in [0.29, 0.717) is 13.0 Å². The molecule has 162 valence electrons. The summed E-state index contributed by atoms with van der Waals surface area (Å²) in [6, 6.07) is 24.1. The summed E-state index contributed by atoms with van der Waals surface area (Å²) in [5, 5.41) is 12.7. The van der Waals surface area contributed by atoms with Crippen LogP contribution in [0, 0.1) is 6.92 Å². The van der Waals surface area contributed by atoms with Crippen molar-refractivity contribution in [3.8, 4) is 17.1 Å². The number of carbonyl (C=O) groups excluding carboxylic acids is 1. The van der Waals surface area contributed by atoms with Gasteiger partial charge >= 0.3 is 0 Å². The molecule has 6 nitrogen and oxygen atoms in total. The molecule has 2 aromatic carbocycles. The highest BCUT2D eigenvalue weighted by molar-refractivity contribution is 7.99. The van der Waals surface area contributed by atoms with Crippen molar-refractivity contribution in [2.45, 2.75) is 31.5 Å². The fraction of sp³-hybridized carbons (Fsp3) is 0.200. The lowest BCUT2D eigenvalue weighted by Gasteiger charge is -2.10. The van der Waals surface area contributed by atoms with Gasteiger partial charge in [0.05, 0.1) is 12.2 Å². The largest absolute Gasteiger partial charge is 0.350 e. The van der Waals surface area contributed by atoms with Gasteiger partial charge in [-0.05, 0) is 37.6 Å². The van der Waals surface area contributed by atoms with E-state index >= 15 is 0 Å². The van der Waals surface area contributed by atoms with Gasteiger partial charge in [-0.25, -0.2) is 0 Å². The van der Waals surface area contributed by atoms with Crippen molar-refractivity contribution in [2.75, 3.05) is 5.75 Å². The SMILES string of the molecule is Cc1ccc(-c2nnc(SCCCC(=O)NCc3ccccn3)n2-c2ccccc2)cc1. The second kappa shape index (κ2) is 10.7. The van der Waals surface area contributed by atoms with Crippen molar-refractivity contribution in [3.63, 3.8) is 0 Å². The first kappa shape index (κ1) is 21.8. The molecule has 0 bridgehead atoms. The number of nitrogens with one attached hydrogen (secondary N) is 1. The van der Waals surface area contributed by atoms with Crippen LogP contribution in [-0.4, -0.2) is 31.4 Å². The van der Waals surface area contributed by atoms with Gasteiger partial charge in [-0.1, -0.05) is 65.9 Å². The molecule has 0 spiro atoms. The number of benzene rings is 2. The lowest BCUT2D eigenvalue weighted by atomic mass is 10.1. The zero-order valence-corrected chi connectivity index (χ0v) is 18.8. The Kier molecular flexibility index (Phi) is 7.30. The van der Waals surface area contributed by atoms with Crippen LogP contribution in [0.3, 0.4) is 0 Å². The Balaban J connectivity index is 1.39. The minimum Gasteiger partial charge on any atom is -0.350 e. The number of rotatable bonds is 9. The number of pyridine rings is 1. The molecular weight excluding hydrogens is 418 g/mol. The summed E-state index contributed by atoms with van der Waals surface area (Å²) >= 11 is 1.61. The average Bonchev–Trinajstić information content (AvgIpc) is 3.26. The van der Waals surface area contributed by atoms with E-state index in [-0.39, 0.29) is 5.91 Å². The molecule has 0 aliphatic rings. The average molecular weight is 444 g/mol. The predicted molar refractivity (Wildman–Crippen MR) is 128 cm³/mol. The third-order valence-corrected chi connectivity index (χ3v) is 5.94. The summed E-state index contributed by atoms with van der Waals surface area (Å²) in [5.74, 6) is 1.61. The summed E-state index contributed by atoms with van der Waals surface area (Å²) in [6.45, 7) is 2.52. The zero-order valence-electron chi connectivity index (χ0n) is 17.9. The first-order valence-corrected chi connectivity index (χ1v) is 11.6. The molecule has 2 aromatic heterocycles. The molecule has 1 N–H and O–H groups in total. The summed E-state index contributed by atoms with van der Waals surface area (Å²) in [6.07, 6.45) is 2.94. The molecule has 0 saturated heterocycles. The number of amides is 1. The van der Waals surface area contributed by atoms with Crippen molar-refractivity contribution in [3.05, 3.63) is 90.3 Å². The van der Waals surface area contributed by atoms with Crippen LogP contribution in [0.4, 0.5) is 0 Å². The Labute approximate surface area is 192 Å². The van der Waals surface area contributed by atoms with Gasteiger partial charge in [0.2, 0.25) is 5.91 Å². The standard InChI is InChI=1S/C25H25N5OS/c1-19-12-14-20(15-13-19)24-28-29-25(30(24)22-9-3-2-4-10-22)32-17-7-11-23(31)27-18-21-8-5-6-16-26-21/h2-6,8-10,12-16H,7,11,17-18H2,1H3,(H,27,31). The summed E-state index contributed by atoms with van der Waals surface area (Å²) < 4.78 is 2.08. The van der Waals surface area contributed by atoms with Crippen LogP contribution in [0.2, 0.25) is 0 Å². The number of hydrogen-bond donors (Lipinski definition) is 1. The van der Waals surface area contributed by atoms with Gasteiger partial charge in [0, 0.05) is 29.6 Å². The van der Waals surface area contributed by atoms with E-state index in [1.165, 1.54) is 5.56 Å². The summed E-state index contributed by atoms with van der Waals surface area (Å²) in [5.41, 5.74) is 4.10. The van der Waals surface area contributed by atoms with Crippen molar-refractivity contribution < 1.29 is 4.79 Å². The smallest absolute Gasteiger partial charge is 0.220 e. The summed E-state index contributed by atoms with van der Waals surface area (Å²) in [4.78, 5) is 16.4. The minimum atomic E-state index is 0.0288. The lowest BCUT2D eigenvalue weighted by molar-refractivity contribution is -0.121.